The number of carbonyl (C=O) groups is 2. The second-order valence-corrected chi connectivity index (χ2v) is 4.67. The number of nitrogens with one attached hydrogen (secondary N) is 2. The number of aromatic nitrogens is 3. The van der Waals surface area contributed by atoms with Crippen molar-refractivity contribution in [3.05, 3.63) is 11.4 Å². The molecule has 1 amide bonds. The Morgan fingerprint density at radius 1 is 1.55 bits per heavy atom. The van der Waals surface area contributed by atoms with E-state index >= 15 is 0 Å². The van der Waals surface area contributed by atoms with Crippen molar-refractivity contribution in [2.24, 2.45) is 0 Å². The minimum atomic E-state index is -0.487. The number of rotatable bonds is 5. The van der Waals surface area contributed by atoms with Crippen LogP contribution in [0.15, 0.2) is 0 Å². The van der Waals surface area contributed by atoms with Crippen LogP contribution < -0.4 is 10.6 Å². The van der Waals surface area contributed by atoms with Crippen LogP contribution in [-0.2, 0) is 16.1 Å². The van der Waals surface area contributed by atoms with E-state index in [1.54, 1.807) is 4.68 Å². The fourth-order valence-corrected chi connectivity index (χ4v) is 2.33. The van der Waals surface area contributed by atoms with Crippen LogP contribution in [0.25, 0.3) is 0 Å². The first-order valence-electron chi connectivity index (χ1n) is 6.63. The van der Waals surface area contributed by atoms with Gasteiger partial charge in [0.05, 0.1) is 25.4 Å². The van der Waals surface area contributed by atoms with Gasteiger partial charge in [-0.2, -0.15) is 0 Å². The highest BCUT2D eigenvalue weighted by atomic mass is 16.5. The van der Waals surface area contributed by atoms with Gasteiger partial charge in [0.2, 0.25) is 5.91 Å². The van der Waals surface area contributed by atoms with E-state index < -0.39 is 5.97 Å². The number of hydrogen-bond acceptors (Lipinski definition) is 6. The SMILES string of the molecule is COC(=O)c1nnn(CCNC(C)=O)c1C1CCCN1. The van der Waals surface area contributed by atoms with E-state index in [0.717, 1.165) is 25.1 Å². The van der Waals surface area contributed by atoms with Crippen molar-refractivity contribution in [2.45, 2.75) is 32.4 Å². The fraction of sp³-hybridized carbons (Fsp3) is 0.667. The van der Waals surface area contributed by atoms with Gasteiger partial charge in [-0.25, -0.2) is 9.48 Å². The standard InChI is InChI=1S/C12H19N5O3/c1-8(18)13-6-7-17-11(9-4-3-5-14-9)10(15-16-17)12(19)20-2/h9,14H,3-7H2,1-2H3,(H,13,18). The maximum atomic E-state index is 11.8. The molecule has 0 radical (unpaired) electrons. The summed E-state index contributed by atoms with van der Waals surface area (Å²) in [6, 6.07) is 0.0522. The number of ether oxygens (including phenoxy) is 1. The maximum Gasteiger partial charge on any atom is 0.360 e. The first-order valence-corrected chi connectivity index (χ1v) is 6.63. The predicted molar refractivity (Wildman–Crippen MR) is 70.0 cm³/mol. The minimum absolute atomic E-state index is 0.0522. The zero-order valence-electron chi connectivity index (χ0n) is 11.7. The zero-order valence-corrected chi connectivity index (χ0v) is 11.7. The highest BCUT2D eigenvalue weighted by Crippen LogP contribution is 2.25. The molecule has 1 aliphatic rings. The molecule has 1 aromatic heterocycles. The highest BCUT2D eigenvalue weighted by molar-refractivity contribution is 5.88. The lowest BCUT2D eigenvalue weighted by Gasteiger charge is -2.13. The van der Waals surface area contributed by atoms with E-state index in [4.69, 9.17) is 4.74 Å². The van der Waals surface area contributed by atoms with Gasteiger partial charge in [0.15, 0.2) is 5.69 Å². The topological polar surface area (TPSA) is 98.1 Å². The normalized spacial score (nSPS) is 18.0. The molecule has 0 spiro atoms. The lowest BCUT2D eigenvalue weighted by molar-refractivity contribution is -0.119. The molecule has 1 unspecified atom stereocenters. The number of amides is 1. The van der Waals surface area contributed by atoms with Crippen LogP contribution in [-0.4, -0.2) is 47.1 Å². The van der Waals surface area contributed by atoms with Crippen molar-refractivity contribution < 1.29 is 14.3 Å². The van der Waals surface area contributed by atoms with Crippen LogP contribution in [0.1, 0.15) is 42.0 Å². The molecule has 2 heterocycles. The van der Waals surface area contributed by atoms with Gasteiger partial charge in [0, 0.05) is 13.5 Å². The number of nitrogens with zero attached hydrogens (tertiary/aromatic N) is 3. The number of methoxy groups -OCH3 is 1. The summed E-state index contributed by atoms with van der Waals surface area (Å²) in [5, 5.41) is 13.9. The average molecular weight is 281 g/mol. The predicted octanol–water partition coefficient (Wildman–Crippen LogP) is -0.375. The van der Waals surface area contributed by atoms with Crippen LogP contribution in [0, 0.1) is 0 Å². The number of esters is 1. The van der Waals surface area contributed by atoms with Gasteiger partial charge in [-0.3, -0.25) is 4.79 Å². The molecule has 20 heavy (non-hydrogen) atoms. The first kappa shape index (κ1) is 14.4. The first-order chi connectivity index (χ1) is 9.63. The van der Waals surface area contributed by atoms with Crippen LogP contribution >= 0.6 is 0 Å². The third-order valence-electron chi connectivity index (χ3n) is 3.24. The van der Waals surface area contributed by atoms with Crippen LogP contribution in [0.2, 0.25) is 0 Å². The quantitative estimate of drug-likeness (QED) is 0.714. The molecule has 1 atom stereocenters. The molecular weight excluding hydrogens is 262 g/mol. The molecule has 0 saturated carbocycles. The second kappa shape index (κ2) is 6.47. The Morgan fingerprint density at radius 2 is 2.35 bits per heavy atom. The van der Waals surface area contributed by atoms with Gasteiger partial charge < -0.3 is 15.4 Å². The summed E-state index contributed by atoms with van der Waals surface area (Å²) in [7, 11) is 1.32. The molecule has 2 N–H and O–H groups in total. The lowest BCUT2D eigenvalue weighted by atomic mass is 10.1. The van der Waals surface area contributed by atoms with E-state index in [1.807, 2.05) is 0 Å². The van der Waals surface area contributed by atoms with Gasteiger partial charge in [0.1, 0.15) is 0 Å². The average Bonchev–Trinajstić information content (AvgIpc) is 3.05. The van der Waals surface area contributed by atoms with Gasteiger partial charge in [-0.1, -0.05) is 5.21 Å². The number of hydrogen-bond donors (Lipinski definition) is 2. The Morgan fingerprint density at radius 3 is 2.95 bits per heavy atom. The van der Waals surface area contributed by atoms with Crippen molar-refractivity contribution in [3.8, 4) is 0 Å². The molecule has 8 nitrogen and oxygen atoms in total. The van der Waals surface area contributed by atoms with E-state index in [-0.39, 0.29) is 17.6 Å². The summed E-state index contributed by atoms with van der Waals surface area (Å²) in [5.41, 5.74) is 0.981. The van der Waals surface area contributed by atoms with Gasteiger partial charge >= 0.3 is 5.97 Å². The molecule has 1 fully saturated rings. The zero-order chi connectivity index (χ0) is 14.5. The monoisotopic (exact) mass is 281 g/mol. The molecule has 1 saturated heterocycles. The van der Waals surface area contributed by atoms with E-state index in [9.17, 15) is 9.59 Å². The Bertz CT molecular complexity index is 493. The molecule has 0 aromatic carbocycles. The largest absolute Gasteiger partial charge is 0.464 e. The van der Waals surface area contributed by atoms with Crippen molar-refractivity contribution >= 4 is 11.9 Å². The summed E-state index contributed by atoms with van der Waals surface area (Å²) >= 11 is 0. The highest BCUT2D eigenvalue weighted by Gasteiger charge is 2.28. The molecule has 110 valence electrons. The molecular formula is C12H19N5O3. The molecule has 1 aliphatic heterocycles. The van der Waals surface area contributed by atoms with Crippen LogP contribution in [0.4, 0.5) is 0 Å². The molecule has 8 heteroatoms. The Balaban J connectivity index is 2.19. The molecule has 0 bridgehead atoms. The minimum Gasteiger partial charge on any atom is -0.464 e. The van der Waals surface area contributed by atoms with E-state index in [1.165, 1.54) is 14.0 Å². The Kier molecular flexibility index (Phi) is 4.67. The summed E-state index contributed by atoms with van der Waals surface area (Å²) in [5.74, 6) is -0.585. The van der Waals surface area contributed by atoms with Crippen molar-refractivity contribution in [1.29, 1.82) is 0 Å². The maximum absolute atomic E-state index is 11.8. The fourth-order valence-electron chi connectivity index (χ4n) is 2.33. The third kappa shape index (κ3) is 3.13. The van der Waals surface area contributed by atoms with Crippen molar-refractivity contribution in [2.75, 3.05) is 20.2 Å². The Hall–Kier alpha value is -1.96. The number of carbonyl (C=O) groups excluding carboxylic acids is 2. The summed E-state index contributed by atoms with van der Waals surface area (Å²) < 4.78 is 6.40. The van der Waals surface area contributed by atoms with Gasteiger partial charge in [-0.15, -0.1) is 5.10 Å². The smallest absolute Gasteiger partial charge is 0.360 e. The van der Waals surface area contributed by atoms with Crippen molar-refractivity contribution in [1.82, 2.24) is 25.6 Å². The van der Waals surface area contributed by atoms with Crippen LogP contribution in [0.5, 0.6) is 0 Å². The molecule has 2 rings (SSSR count). The van der Waals surface area contributed by atoms with Gasteiger partial charge in [0.25, 0.3) is 0 Å². The summed E-state index contributed by atoms with van der Waals surface area (Å²) in [6.45, 7) is 3.28. The second-order valence-electron chi connectivity index (χ2n) is 4.67. The van der Waals surface area contributed by atoms with E-state index in [0.29, 0.717) is 13.1 Å². The summed E-state index contributed by atoms with van der Waals surface area (Å²) in [4.78, 5) is 22.6. The Labute approximate surface area is 116 Å². The lowest BCUT2D eigenvalue weighted by Crippen LogP contribution is -2.27. The van der Waals surface area contributed by atoms with Crippen LogP contribution in [0.3, 0.4) is 0 Å². The van der Waals surface area contributed by atoms with E-state index in [2.05, 4.69) is 20.9 Å². The van der Waals surface area contributed by atoms with Crippen molar-refractivity contribution in [3.63, 3.8) is 0 Å². The molecule has 1 aromatic rings. The molecule has 0 aliphatic carbocycles. The third-order valence-corrected chi connectivity index (χ3v) is 3.24. The van der Waals surface area contributed by atoms with Gasteiger partial charge in [-0.05, 0) is 19.4 Å². The summed E-state index contributed by atoms with van der Waals surface area (Å²) in [6.07, 6.45) is 1.97.